The number of amides is 1. The third-order valence-electron chi connectivity index (χ3n) is 2.75. The van der Waals surface area contributed by atoms with Gasteiger partial charge in [0.1, 0.15) is 0 Å². The summed E-state index contributed by atoms with van der Waals surface area (Å²) in [5.74, 6) is 0.388. The Morgan fingerprint density at radius 2 is 2.00 bits per heavy atom. The molecule has 20 heavy (non-hydrogen) atoms. The summed E-state index contributed by atoms with van der Waals surface area (Å²) in [5, 5.41) is 14.9. The van der Waals surface area contributed by atoms with Crippen LogP contribution in [0.3, 0.4) is 0 Å². The molecule has 7 heteroatoms. The molecular formula is C13H21N3O4. The van der Waals surface area contributed by atoms with Crippen molar-refractivity contribution in [1.82, 2.24) is 15.5 Å². The SMILES string of the molecule is Cc1noc(CCCC(=O)NCCCCCC(=O)O)n1. The number of carbonyl (C=O) groups excluding carboxylic acids is 1. The van der Waals surface area contributed by atoms with E-state index in [0.29, 0.717) is 43.9 Å². The average Bonchev–Trinajstić information content (AvgIpc) is 2.79. The molecule has 0 aliphatic rings. The summed E-state index contributed by atoms with van der Waals surface area (Å²) in [6.45, 7) is 2.35. The van der Waals surface area contributed by atoms with Crippen LogP contribution in [-0.2, 0) is 16.0 Å². The molecule has 0 radical (unpaired) electrons. The lowest BCUT2D eigenvalue weighted by Crippen LogP contribution is -2.24. The summed E-state index contributed by atoms with van der Waals surface area (Å²) in [6, 6.07) is 0. The highest BCUT2D eigenvalue weighted by molar-refractivity contribution is 5.75. The Balaban J connectivity index is 1.96. The van der Waals surface area contributed by atoms with Gasteiger partial charge in [-0.1, -0.05) is 11.6 Å². The number of carboxylic acids is 1. The number of aromatic nitrogens is 2. The van der Waals surface area contributed by atoms with Gasteiger partial charge in [-0.05, 0) is 26.2 Å². The fraction of sp³-hybridized carbons (Fsp3) is 0.692. The van der Waals surface area contributed by atoms with Crippen LogP contribution in [0.1, 0.15) is 50.2 Å². The second-order valence-electron chi connectivity index (χ2n) is 4.64. The number of unbranched alkanes of at least 4 members (excludes halogenated alkanes) is 2. The lowest BCUT2D eigenvalue weighted by molar-refractivity contribution is -0.137. The van der Waals surface area contributed by atoms with Gasteiger partial charge in [-0.25, -0.2) is 0 Å². The molecule has 0 atom stereocenters. The van der Waals surface area contributed by atoms with E-state index in [-0.39, 0.29) is 12.3 Å². The molecular weight excluding hydrogens is 262 g/mol. The molecule has 1 aromatic rings. The number of hydrogen-bond acceptors (Lipinski definition) is 5. The van der Waals surface area contributed by atoms with Gasteiger partial charge in [-0.3, -0.25) is 9.59 Å². The normalized spacial score (nSPS) is 10.4. The van der Waals surface area contributed by atoms with Crippen molar-refractivity contribution in [3.05, 3.63) is 11.7 Å². The lowest BCUT2D eigenvalue weighted by Gasteiger charge is -2.04. The summed E-state index contributed by atoms with van der Waals surface area (Å²) >= 11 is 0. The second kappa shape index (κ2) is 9.06. The van der Waals surface area contributed by atoms with E-state index in [9.17, 15) is 9.59 Å². The Kier molecular flexibility index (Phi) is 7.31. The minimum Gasteiger partial charge on any atom is -0.481 e. The Labute approximate surface area is 117 Å². The van der Waals surface area contributed by atoms with Gasteiger partial charge in [0.25, 0.3) is 0 Å². The first-order valence-corrected chi connectivity index (χ1v) is 6.85. The zero-order valence-corrected chi connectivity index (χ0v) is 11.7. The van der Waals surface area contributed by atoms with Crippen LogP contribution in [0, 0.1) is 6.92 Å². The first-order valence-electron chi connectivity index (χ1n) is 6.85. The average molecular weight is 283 g/mol. The third-order valence-corrected chi connectivity index (χ3v) is 2.75. The Hall–Kier alpha value is -1.92. The van der Waals surface area contributed by atoms with Crippen molar-refractivity contribution in [2.45, 2.75) is 51.9 Å². The van der Waals surface area contributed by atoms with E-state index in [1.807, 2.05) is 0 Å². The van der Waals surface area contributed by atoms with E-state index < -0.39 is 5.97 Å². The van der Waals surface area contributed by atoms with Crippen molar-refractivity contribution in [3.8, 4) is 0 Å². The van der Waals surface area contributed by atoms with Crippen molar-refractivity contribution in [2.24, 2.45) is 0 Å². The summed E-state index contributed by atoms with van der Waals surface area (Å²) < 4.78 is 4.95. The Morgan fingerprint density at radius 1 is 1.20 bits per heavy atom. The molecule has 2 N–H and O–H groups in total. The number of aliphatic carboxylic acids is 1. The predicted molar refractivity (Wildman–Crippen MR) is 71.1 cm³/mol. The molecule has 0 aromatic carbocycles. The van der Waals surface area contributed by atoms with Gasteiger partial charge >= 0.3 is 5.97 Å². The van der Waals surface area contributed by atoms with Crippen LogP contribution in [0.2, 0.25) is 0 Å². The highest BCUT2D eigenvalue weighted by Gasteiger charge is 2.05. The van der Waals surface area contributed by atoms with Gasteiger partial charge in [0.05, 0.1) is 0 Å². The molecule has 0 unspecified atom stereocenters. The molecule has 0 fully saturated rings. The highest BCUT2D eigenvalue weighted by atomic mass is 16.5. The van der Waals surface area contributed by atoms with E-state index in [0.717, 1.165) is 12.8 Å². The maximum atomic E-state index is 11.5. The largest absolute Gasteiger partial charge is 0.481 e. The molecule has 7 nitrogen and oxygen atoms in total. The Bertz CT molecular complexity index is 431. The maximum absolute atomic E-state index is 11.5. The van der Waals surface area contributed by atoms with Crippen molar-refractivity contribution < 1.29 is 19.2 Å². The zero-order chi connectivity index (χ0) is 14.8. The monoisotopic (exact) mass is 283 g/mol. The highest BCUT2D eigenvalue weighted by Crippen LogP contribution is 2.03. The van der Waals surface area contributed by atoms with Gasteiger partial charge in [-0.2, -0.15) is 4.98 Å². The number of hydrogen-bond donors (Lipinski definition) is 2. The smallest absolute Gasteiger partial charge is 0.303 e. The molecule has 0 saturated heterocycles. The van der Waals surface area contributed by atoms with E-state index in [2.05, 4.69) is 15.5 Å². The van der Waals surface area contributed by atoms with Gasteiger partial charge in [0.15, 0.2) is 5.82 Å². The Morgan fingerprint density at radius 3 is 2.65 bits per heavy atom. The van der Waals surface area contributed by atoms with Crippen LogP contribution in [0.25, 0.3) is 0 Å². The third kappa shape index (κ3) is 7.50. The topological polar surface area (TPSA) is 105 Å². The minimum atomic E-state index is -0.773. The number of carboxylic acid groups (broad SMARTS) is 1. The van der Waals surface area contributed by atoms with E-state index in [1.165, 1.54) is 0 Å². The van der Waals surface area contributed by atoms with Gasteiger partial charge < -0.3 is 14.9 Å². The first-order chi connectivity index (χ1) is 9.58. The van der Waals surface area contributed by atoms with E-state index in [1.54, 1.807) is 6.92 Å². The molecule has 0 spiro atoms. The summed E-state index contributed by atoms with van der Waals surface area (Å²) in [5.41, 5.74) is 0. The van der Waals surface area contributed by atoms with Gasteiger partial charge in [-0.15, -0.1) is 0 Å². The number of aryl methyl sites for hydroxylation is 2. The summed E-state index contributed by atoms with van der Waals surface area (Å²) in [6.07, 6.45) is 4.17. The maximum Gasteiger partial charge on any atom is 0.303 e. The summed E-state index contributed by atoms with van der Waals surface area (Å²) in [7, 11) is 0. The molecule has 0 aliphatic heterocycles. The molecule has 0 saturated carbocycles. The summed E-state index contributed by atoms with van der Waals surface area (Å²) in [4.78, 5) is 25.9. The van der Waals surface area contributed by atoms with Gasteiger partial charge in [0.2, 0.25) is 11.8 Å². The van der Waals surface area contributed by atoms with Crippen LogP contribution < -0.4 is 5.32 Å². The quantitative estimate of drug-likeness (QED) is 0.630. The molecule has 1 rings (SSSR count). The minimum absolute atomic E-state index is 0.000489. The number of nitrogens with one attached hydrogen (secondary N) is 1. The number of nitrogens with zero attached hydrogens (tertiary/aromatic N) is 2. The van der Waals surface area contributed by atoms with Crippen molar-refractivity contribution in [1.29, 1.82) is 0 Å². The molecule has 112 valence electrons. The second-order valence-corrected chi connectivity index (χ2v) is 4.64. The van der Waals surface area contributed by atoms with E-state index >= 15 is 0 Å². The lowest BCUT2D eigenvalue weighted by atomic mass is 10.2. The zero-order valence-electron chi connectivity index (χ0n) is 11.7. The number of carbonyl (C=O) groups is 2. The molecule has 0 bridgehead atoms. The van der Waals surface area contributed by atoms with Crippen LogP contribution >= 0.6 is 0 Å². The van der Waals surface area contributed by atoms with Crippen molar-refractivity contribution in [3.63, 3.8) is 0 Å². The van der Waals surface area contributed by atoms with Crippen LogP contribution in [0.5, 0.6) is 0 Å². The molecule has 1 aromatic heterocycles. The molecule has 1 heterocycles. The van der Waals surface area contributed by atoms with Crippen LogP contribution in [0.15, 0.2) is 4.52 Å². The predicted octanol–water partition coefficient (Wildman–Crippen LogP) is 1.46. The molecule has 1 amide bonds. The fourth-order valence-electron chi connectivity index (χ4n) is 1.74. The van der Waals surface area contributed by atoms with Crippen molar-refractivity contribution >= 4 is 11.9 Å². The molecule has 0 aliphatic carbocycles. The van der Waals surface area contributed by atoms with Crippen LogP contribution in [0.4, 0.5) is 0 Å². The van der Waals surface area contributed by atoms with Crippen molar-refractivity contribution in [2.75, 3.05) is 6.54 Å². The number of rotatable bonds is 10. The van der Waals surface area contributed by atoms with E-state index in [4.69, 9.17) is 9.63 Å². The van der Waals surface area contributed by atoms with Crippen LogP contribution in [-0.4, -0.2) is 33.7 Å². The van der Waals surface area contributed by atoms with Gasteiger partial charge in [0, 0.05) is 25.8 Å². The fourth-order valence-corrected chi connectivity index (χ4v) is 1.74. The standard InChI is InChI=1S/C13H21N3O4/c1-10-15-12(20-16-10)7-5-6-11(17)14-9-4-2-3-8-13(18)19/h2-9H2,1H3,(H,14,17)(H,18,19). The first kappa shape index (κ1) is 16.1.